The molecule has 10 rings (SSSR count). The van der Waals surface area contributed by atoms with E-state index in [-0.39, 0.29) is 10.6 Å². The van der Waals surface area contributed by atoms with Crippen molar-refractivity contribution in [1.29, 1.82) is 0 Å². The summed E-state index contributed by atoms with van der Waals surface area (Å²) in [4.78, 5) is 12.3. The normalized spacial score (nSPS) is 11.4. The molecule has 9 aromatic carbocycles. The number of aryl methyl sites for hydroxylation is 6. The average Bonchev–Trinajstić information content (AvgIpc) is 0.854. The van der Waals surface area contributed by atoms with Gasteiger partial charge in [-0.15, -0.1) is 0 Å². The van der Waals surface area contributed by atoms with E-state index < -0.39 is 0 Å². The van der Waals surface area contributed by atoms with Crippen LogP contribution in [0.25, 0.3) is 0 Å². The lowest BCUT2D eigenvalue weighted by Gasteiger charge is -2.29. The second-order valence-electron chi connectivity index (χ2n) is 31.1. The predicted octanol–water partition coefficient (Wildman–Crippen LogP) is 28.4. The Morgan fingerprint density at radius 1 is 0.380 bits per heavy atom. The van der Waals surface area contributed by atoms with Gasteiger partial charge in [-0.2, -0.15) is 0 Å². The molecule has 0 spiro atoms. The summed E-state index contributed by atoms with van der Waals surface area (Å²) in [5.41, 5.74) is 22.8. The topological polar surface area (TPSA) is 92.5 Å². The maximum absolute atomic E-state index is 10.3. The number of nitro benzene ring substituents is 1. The van der Waals surface area contributed by atoms with Crippen molar-refractivity contribution in [1.82, 2.24) is 0 Å². The molecular formula is C99H142N2O7. The Labute approximate surface area is 657 Å². The highest BCUT2D eigenvalue weighted by molar-refractivity contribution is 5.49. The Bertz CT molecular complexity index is 3880. The maximum atomic E-state index is 10.3. The molecule has 108 heavy (non-hydrogen) atoms. The molecule has 0 aromatic heterocycles. The Kier molecular flexibility index (Phi) is 45.6. The minimum Gasteiger partial charge on any atom is -0.497 e. The summed E-state index contributed by atoms with van der Waals surface area (Å²) in [6.07, 6.45) is 2.32. The standard InChI is InChI=1S/C13H19NO.C13H20O.C12H18O.2C11H16O.C11H16.C10H14.C9H11NO2.C9H12/c1-11(2)12-3-5-13(6-4-12)14-7-9-15-10-8-14;1-4-5-10-14-13-8-6-12(7-9-13)11(2)3;1-8(2)11-6-9(3)10(4)12(7-11)13-5;1-8(2)10-5-9(3)6-11(7-10)12-4;1-8(2)10-6-5-9(3)11(7-10)12-4;1-8(2)11-6-5-9(3)7-10(11)4;1-8(2)10-6-4-9(3)5-7-10;1-7(2)8-3-5-9(6-4-8)10(11)12;1-8(2)9-6-4-3-5-7-9/h3-6,11H,7-10H2,1-2H3;6-9,11H,4-5,10H2,1-3H3;6-8H,1-5H3;2*5-8H,1-4H3;5-8H,1-4H3;4-8H,1-3H3;3-7H,1-2H3;3-8H,1-2H3. The van der Waals surface area contributed by atoms with E-state index in [0.29, 0.717) is 53.3 Å². The van der Waals surface area contributed by atoms with Crippen LogP contribution >= 0.6 is 0 Å². The van der Waals surface area contributed by atoms with Crippen molar-refractivity contribution in [2.24, 2.45) is 0 Å². The number of ether oxygens (including phenoxy) is 5. The molecule has 1 fully saturated rings. The smallest absolute Gasteiger partial charge is 0.269 e. The molecule has 1 aliphatic rings. The van der Waals surface area contributed by atoms with E-state index in [9.17, 15) is 10.1 Å². The van der Waals surface area contributed by atoms with E-state index in [1.54, 1.807) is 33.5 Å². The molecule has 0 radical (unpaired) electrons. The molecule has 0 amide bonds. The van der Waals surface area contributed by atoms with Crippen molar-refractivity contribution in [2.45, 2.75) is 246 Å². The Hall–Kier alpha value is -8.66. The fraction of sp³-hybridized carbons (Fsp3) is 0.455. The van der Waals surface area contributed by atoms with Gasteiger partial charge in [-0.25, -0.2) is 0 Å². The van der Waals surface area contributed by atoms with Crippen molar-refractivity contribution in [3.63, 3.8) is 0 Å². The van der Waals surface area contributed by atoms with Crippen molar-refractivity contribution in [3.05, 3.63) is 293 Å². The first-order chi connectivity index (χ1) is 51.1. The lowest BCUT2D eigenvalue weighted by Crippen LogP contribution is -2.36. The predicted molar refractivity (Wildman–Crippen MR) is 468 cm³/mol. The molecule has 1 aliphatic heterocycles. The first-order valence-electron chi connectivity index (χ1n) is 39.6. The maximum Gasteiger partial charge on any atom is 0.269 e. The molecule has 0 bridgehead atoms. The number of nitro groups is 1. The van der Waals surface area contributed by atoms with Gasteiger partial charge in [-0.1, -0.05) is 283 Å². The van der Waals surface area contributed by atoms with Gasteiger partial charge in [0.1, 0.15) is 23.0 Å². The van der Waals surface area contributed by atoms with Gasteiger partial charge in [-0.05, 0) is 235 Å². The van der Waals surface area contributed by atoms with Crippen LogP contribution in [0.4, 0.5) is 11.4 Å². The van der Waals surface area contributed by atoms with E-state index in [0.717, 1.165) is 67.9 Å². The van der Waals surface area contributed by atoms with Crippen molar-refractivity contribution >= 4 is 11.4 Å². The Balaban J connectivity index is 0.000000414. The number of hydrogen-bond donors (Lipinski definition) is 0. The van der Waals surface area contributed by atoms with Gasteiger partial charge in [0.2, 0.25) is 0 Å². The highest BCUT2D eigenvalue weighted by Crippen LogP contribution is 2.29. The molecule has 1 saturated heterocycles. The lowest BCUT2D eigenvalue weighted by molar-refractivity contribution is -0.384. The van der Waals surface area contributed by atoms with Gasteiger partial charge >= 0.3 is 0 Å². The van der Waals surface area contributed by atoms with Crippen LogP contribution in [0.2, 0.25) is 0 Å². The number of rotatable bonds is 18. The summed E-state index contributed by atoms with van der Waals surface area (Å²) < 4.78 is 26.7. The van der Waals surface area contributed by atoms with Crippen LogP contribution in [0.1, 0.15) is 287 Å². The summed E-state index contributed by atoms with van der Waals surface area (Å²) in [6.45, 7) is 61.0. The van der Waals surface area contributed by atoms with Crippen molar-refractivity contribution in [2.75, 3.05) is 59.1 Å². The van der Waals surface area contributed by atoms with Crippen LogP contribution in [0.3, 0.4) is 0 Å². The van der Waals surface area contributed by atoms with Crippen LogP contribution in [-0.2, 0) is 4.74 Å². The summed E-state index contributed by atoms with van der Waals surface area (Å²) in [5, 5.41) is 10.3. The summed E-state index contributed by atoms with van der Waals surface area (Å²) in [6, 6.07) is 67.0. The third kappa shape index (κ3) is 37.0. The van der Waals surface area contributed by atoms with Gasteiger partial charge in [-0.3, -0.25) is 10.1 Å². The number of non-ortho nitro benzene ring substituents is 1. The molecule has 9 heteroatoms. The van der Waals surface area contributed by atoms with Gasteiger partial charge in [0.15, 0.2) is 0 Å². The first kappa shape index (κ1) is 95.4. The van der Waals surface area contributed by atoms with Crippen LogP contribution in [0, 0.1) is 58.6 Å². The minimum atomic E-state index is -0.385. The second-order valence-corrected chi connectivity index (χ2v) is 31.1. The van der Waals surface area contributed by atoms with Crippen LogP contribution in [0.5, 0.6) is 23.0 Å². The fourth-order valence-electron chi connectivity index (χ4n) is 11.2. The molecule has 0 aliphatic carbocycles. The molecule has 0 unspecified atom stereocenters. The SMILES string of the molecule is CC(C)c1ccc(N2CCOCC2)cc1.CC(C)c1ccc([N+](=O)[O-])cc1.CC(C)c1ccccc1.CCCCOc1ccc(C(C)C)cc1.COc1cc(C(C)C)cc(C)c1C.COc1cc(C(C)C)ccc1C.COc1cc(C)cc(C(C)C)c1.Cc1ccc(C(C)C)c(C)c1.Cc1ccc(C(C)C)cc1. The van der Waals surface area contributed by atoms with Gasteiger partial charge in [0.05, 0.1) is 46.1 Å². The van der Waals surface area contributed by atoms with Gasteiger partial charge in [0.25, 0.3) is 5.69 Å². The Morgan fingerprint density at radius 2 is 0.806 bits per heavy atom. The molecule has 0 saturated carbocycles. The van der Waals surface area contributed by atoms with E-state index in [1.165, 1.54) is 108 Å². The minimum absolute atomic E-state index is 0.152. The highest BCUT2D eigenvalue weighted by Gasteiger charge is 2.13. The zero-order valence-corrected chi connectivity index (χ0v) is 72.4. The van der Waals surface area contributed by atoms with Crippen molar-refractivity contribution < 1.29 is 28.6 Å². The second kappa shape index (κ2) is 51.6. The Morgan fingerprint density at radius 3 is 1.23 bits per heavy atom. The number of anilines is 1. The van der Waals surface area contributed by atoms with E-state index in [1.807, 2.05) is 12.1 Å². The zero-order valence-electron chi connectivity index (χ0n) is 72.4. The number of morpholine rings is 1. The van der Waals surface area contributed by atoms with Gasteiger partial charge < -0.3 is 28.6 Å². The van der Waals surface area contributed by atoms with Crippen LogP contribution < -0.4 is 23.8 Å². The number of methoxy groups -OCH3 is 3. The summed E-state index contributed by atoms with van der Waals surface area (Å²) in [5.74, 6) is 9.23. The first-order valence-corrected chi connectivity index (χ1v) is 39.6. The molecule has 9 aromatic rings. The largest absolute Gasteiger partial charge is 0.497 e. The van der Waals surface area contributed by atoms with Crippen LogP contribution in [-0.4, -0.2) is 59.2 Å². The number of benzene rings is 9. The molecule has 590 valence electrons. The lowest BCUT2D eigenvalue weighted by atomic mass is 9.97. The molecule has 1 heterocycles. The van der Waals surface area contributed by atoms with Crippen molar-refractivity contribution in [3.8, 4) is 23.0 Å². The zero-order chi connectivity index (χ0) is 81.2. The molecule has 0 atom stereocenters. The van der Waals surface area contributed by atoms with E-state index in [2.05, 4.69) is 343 Å². The number of nitrogens with zero attached hydrogens (tertiary/aromatic N) is 2. The highest BCUT2D eigenvalue weighted by atomic mass is 16.6. The van der Waals surface area contributed by atoms with E-state index in [4.69, 9.17) is 23.7 Å². The average molecular weight is 1470 g/mol. The summed E-state index contributed by atoms with van der Waals surface area (Å²) in [7, 11) is 5.15. The van der Waals surface area contributed by atoms with Crippen LogP contribution in [0.15, 0.2) is 194 Å². The quantitative estimate of drug-likeness (QED) is 0.0477. The third-order valence-electron chi connectivity index (χ3n) is 18.9. The summed E-state index contributed by atoms with van der Waals surface area (Å²) >= 11 is 0. The number of unbranched alkanes of at least 4 members (excludes halogenated alkanes) is 1. The van der Waals surface area contributed by atoms with E-state index >= 15 is 0 Å². The van der Waals surface area contributed by atoms with Gasteiger partial charge in [0, 0.05) is 30.9 Å². The molecule has 9 nitrogen and oxygen atoms in total. The molecular weight excluding hydrogens is 1330 g/mol. The third-order valence-corrected chi connectivity index (χ3v) is 18.9. The monoisotopic (exact) mass is 1470 g/mol. The fourth-order valence-corrected chi connectivity index (χ4v) is 11.2. The molecule has 0 N–H and O–H groups in total. The number of hydrogen-bond acceptors (Lipinski definition) is 8.